The van der Waals surface area contributed by atoms with Crippen LogP contribution in [0.2, 0.25) is 0 Å². The normalized spacial score (nSPS) is 11.4. The van der Waals surface area contributed by atoms with Crippen LogP contribution in [0.3, 0.4) is 0 Å². The van der Waals surface area contributed by atoms with Gasteiger partial charge in [-0.3, -0.25) is 9.78 Å². The Balaban J connectivity index is 2.60. The molecule has 0 N–H and O–H groups in total. The van der Waals surface area contributed by atoms with E-state index in [4.69, 9.17) is 0 Å². The standard InChI is InChI=1S/C14H10F3NO/c1-9(19)10-3-2-4-11(7-10)12-8-18-6-5-13(12)14(15,16)17/h2-8H,1H3. The number of rotatable bonds is 2. The average Bonchev–Trinajstić information content (AvgIpc) is 2.38. The monoisotopic (exact) mass is 265 g/mol. The Morgan fingerprint density at radius 2 is 1.95 bits per heavy atom. The molecule has 1 aromatic carbocycles. The van der Waals surface area contributed by atoms with Gasteiger partial charge in [0.2, 0.25) is 0 Å². The Bertz CT molecular complexity index is 620. The summed E-state index contributed by atoms with van der Waals surface area (Å²) in [6.07, 6.45) is -2.20. The highest BCUT2D eigenvalue weighted by Gasteiger charge is 2.33. The average molecular weight is 265 g/mol. The lowest BCUT2D eigenvalue weighted by Crippen LogP contribution is -2.07. The van der Waals surface area contributed by atoms with Gasteiger partial charge >= 0.3 is 6.18 Å². The first kappa shape index (κ1) is 13.3. The number of hydrogen-bond acceptors (Lipinski definition) is 2. The van der Waals surface area contributed by atoms with Gasteiger partial charge in [-0.05, 0) is 24.6 Å². The fourth-order valence-electron chi connectivity index (χ4n) is 1.78. The van der Waals surface area contributed by atoms with Crippen LogP contribution < -0.4 is 0 Å². The Labute approximate surface area is 107 Å². The Hall–Kier alpha value is -2.17. The van der Waals surface area contributed by atoms with Gasteiger partial charge < -0.3 is 0 Å². The summed E-state index contributed by atoms with van der Waals surface area (Å²) in [6, 6.07) is 7.01. The number of pyridine rings is 1. The second-order valence-electron chi connectivity index (χ2n) is 4.06. The van der Waals surface area contributed by atoms with Gasteiger partial charge in [0.15, 0.2) is 5.78 Å². The third kappa shape index (κ3) is 2.81. The van der Waals surface area contributed by atoms with Crippen molar-refractivity contribution in [2.24, 2.45) is 0 Å². The van der Waals surface area contributed by atoms with Crippen molar-refractivity contribution in [3.63, 3.8) is 0 Å². The number of Topliss-reactive ketones (excluding diaryl/α,β-unsaturated/α-hetero) is 1. The molecule has 0 aliphatic carbocycles. The molecule has 0 atom stereocenters. The Morgan fingerprint density at radius 1 is 1.21 bits per heavy atom. The van der Waals surface area contributed by atoms with Crippen molar-refractivity contribution in [1.29, 1.82) is 0 Å². The van der Waals surface area contributed by atoms with Crippen LogP contribution in [-0.2, 0) is 6.18 Å². The lowest BCUT2D eigenvalue weighted by molar-refractivity contribution is -0.137. The highest BCUT2D eigenvalue weighted by molar-refractivity contribution is 5.95. The molecule has 0 bridgehead atoms. The first-order valence-electron chi connectivity index (χ1n) is 5.52. The number of hydrogen-bond donors (Lipinski definition) is 0. The van der Waals surface area contributed by atoms with E-state index in [2.05, 4.69) is 4.98 Å². The number of carbonyl (C=O) groups excluding carboxylic acids is 1. The van der Waals surface area contributed by atoms with E-state index in [9.17, 15) is 18.0 Å². The molecule has 0 saturated carbocycles. The zero-order valence-electron chi connectivity index (χ0n) is 10.0. The molecule has 1 heterocycles. The van der Waals surface area contributed by atoms with E-state index in [1.807, 2.05) is 0 Å². The van der Waals surface area contributed by atoms with Crippen LogP contribution in [0.5, 0.6) is 0 Å². The predicted molar refractivity (Wildman–Crippen MR) is 64.7 cm³/mol. The van der Waals surface area contributed by atoms with Crippen molar-refractivity contribution in [3.05, 3.63) is 53.9 Å². The van der Waals surface area contributed by atoms with Crippen molar-refractivity contribution < 1.29 is 18.0 Å². The maximum Gasteiger partial charge on any atom is 0.417 e. The highest BCUT2D eigenvalue weighted by atomic mass is 19.4. The summed E-state index contributed by atoms with van der Waals surface area (Å²) >= 11 is 0. The third-order valence-electron chi connectivity index (χ3n) is 2.71. The van der Waals surface area contributed by atoms with Gasteiger partial charge in [0.25, 0.3) is 0 Å². The molecule has 2 nitrogen and oxygen atoms in total. The highest BCUT2D eigenvalue weighted by Crippen LogP contribution is 2.36. The molecule has 2 aromatic rings. The van der Waals surface area contributed by atoms with E-state index in [0.29, 0.717) is 11.1 Å². The van der Waals surface area contributed by atoms with E-state index in [0.717, 1.165) is 18.5 Å². The second kappa shape index (κ2) is 4.84. The first-order chi connectivity index (χ1) is 8.89. The number of ketones is 1. The van der Waals surface area contributed by atoms with Gasteiger partial charge in [0.05, 0.1) is 5.56 Å². The van der Waals surface area contributed by atoms with Crippen molar-refractivity contribution >= 4 is 5.78 Å². The van der Waals surface area contributed by atoms with Crippen LogP contribution >= 0.6 is 0 Å². The van der Waals surface area contributed by atoms with Crippen LogP contribution in [0.4, 0.5) is 13.2 Å². The van der Waals surface area contributed by atoms with Gasteiger partial charge in [-0.1, -0.05) is 18.2 Å². The molecule has 98 valence electrons. The Kier molecular flexibility index (Phi) is 3.38. The van der Waals surface area contributed by atoms with E-state index >= 15 is 0 Å². The lowest BCUT2D eigenvalue weighted by Gasteiger charge is -2.12. The van der Waals surface area contributed by atoms with Gasteiger partial charge in [-0.25, -0.2) is 0 Å². The molecule has 5 heteroatoms. The summed E-state index contributed by atoms with van der Waals surface area (Å²) in [5, 5.41) is 0. The van der Waals surface area contributed by atoms with Crippen LogP contribution in [0.15, 0.2) is 42.7 Å². The fourth-order valence-corrected chi connectivity index (χ4v) is 1.78. The van der Waals surface area contributed by atoms with Crippen molar-refractivity contribution in [1.82, 2.24) is 4.98 Å². The second-order valence-corrected chi connectivity index (χ2v) is 4.06. The molecule has 0 saturated heterocycles. The van der Waals surface area contributed by atoms with Crippen molar-refractivity contribution in [3.8, 4) is 11.1 Å². The summed E-state index contributed by atoms with van der Waals surface area (Å²) in [7, 11) is 0. The molecular weight excluding hydrogens is 255 g/mol. The molecule has 0 unspecified atom stereocenters. The van der Waals surface area contributed by atoms with Gasteiger partial charge in [-0.2, -0.15) is 13.2 Å². The van der Waals surface area contributed by atoms with Gasteiger partial charge in [0.1, 0.15) is 0 Å². The maximum atomic E-state index is 12.9. The first-order valence-corrected chi connectivity index (χ1v) is 5.52. The summed E-state index contributed by atoms with van der Waals surface area (Å²) in [5.41, 5.74) is -0.0936. The minimum atomic E-state index is -4.45. The van der Waals surface area contributed by atoms with Gasteiger partial charge in [0, 0.05) is 23.5 Å². The van der Waals surface area contributed by atoms with E-state index in [1.165, 1.54) is 19.1 Å². The summed E-state index contributed by atoms with van der Waals surface area (Å²) < 4.78 is 38.7. The van der Waals surface area contributed by atoms with Crippen LogP contribution in [0.1, 0.15) is 22.8 Å². The predicted octanol–water partition coefficient (Wildman–Crippen LogP) is 3.97. The van der Waals surface area contributed by atoms with Crippen LogP contribution in [0.25, 0.3) is 11.1 Å². The summed E-state index contributed by atoms with van der Waals surface area (Å²) in [6.45, 7) is 1.37. The van der Waals surface area contributed by atoms with Crippen molar-refractivity contribution in [2.75, 3.05) is 0 Å². The number of benzene rings is 1. The summed E-state index contributed by atoms with van der Waals surface area (Å²) in [4.78, 5) is 15.0. The molecule has 0 aliphatic rings. The Morgan fingerprint density at radius 3 is 2.58 bits per heavy atom. The minimum absolute atomic E-state index is 0.0295. The number of nitrogens with zero attached hydrogens (tertiary/aromatic N) is 1. The number of alkyl halides is 3. The molecular formula is C14H10F3NO. The molecule has 0 aliphatic heterocycles. The smallest absolute Gasteiger partial charge is 0.295 e. The van der Waals surface area contributed by atoms with E-state index < -0.39 is 11.7 Å². The molecule has 0 radical (unpaired) electrons. The topological polar surface area (TPSA) is 30.0 Å². The number of carbonyl (C=O) groups is 1. The summed E-state index contributed by atoms with van der Waals surface area (Å²) in [5.74, 6) is -0.195. The fraction of sp³-hybridized carbons (Fsp3) is 0.143. The quantitative estimate of drug-likeness (QED) is 0.769. The lowest BCUT2D eigenvalue weighted by atomic mass is 9.99. The third-order valence-corrected chi connectivity index (χ3v) is 2.71. The molecule has 1 aromatic heterocycles. The molecule has 19 heavy (non-hydrogen) atoms. The number of halogens is 3. The minimum Gasteiger partial charge on any atom is -0.295 e. The SMILES string of the molecule is CC(=O)c1cccc(-c2cnccc2C(F)(F)F)c1. The molecule has 0 amide bonds. The zero-order valence-corrected chi connectivity index (χ0v) is 10.0. The van der Waals surface area contributed by atoms with Gasteiger partial charge in [-0.15, -0.1) is 0 Å². The van der Waals surface area contributed by atoms with E-state index in [-0.39, 0.29) is 11.3 Å². The molecule has 0 fully saturated rings. The molecule has 0 spiro atoms. The largest absolute Gasteiger partial charge is 0.417 e. The van der Waals surface area contributed by atoms with Crippen molar-refractivity contribution in [2.45, 2.75) is 13.1 Å². The number of aromatic nitrogens is 1. The van der Waals surface area contributed by atoms with Crippen LogP contribution in [0, 0.1) is 0 Å². The molecule has 2 rings (SSSR count). The van der Waals surface area contributed by atoms with Crippen LogP contribution in [-0.4, -0.2) is 10.8 Å². The van der Waals surface area contributed by atoms with E-state index in [1.54, 1.807) is 12.1 Å². The maximum absolute atomic E-state index is 12.9. The zero-order chi connectivity index (χ0) is 14.0.